The molecule has 0 aliphatic carbocycles. The molecule has 7 nitrogen and oxygen atoms in total. The normalized spacial score (nSPS) is 14.1. The van der Waals surface area contributed by atoms with Gasteiger partial charge < -0.3 is 9.80 Å². The third-order valence-electron chi connectivity index (χ3n) is 6.27. The molecule has 0 bridgehead atoms. The Bertz CT molecular complexity index is 1560. The lowest BCUT2D eigenvalue weighted by atomic mass is 10.2. The van der Waals surface area contributed by atoms with Gasteiger partial charge in [-0.15, -0.1) is 10.2 Å². The minimum atomic E-state index is -0.0621. The van der Waals surface area contributed by atoms with E-state index in [4.69, 9.17) is 28.2 Å². The topological polar surface area (TPSA) is 66.6 Å². The van der Waals surface area contributed by atoms with Crippen molar-refractivity contribution in [2.45, 2.75) is 0 Å². The number of benzene rings is 3. The maximum absolute atomic E-state index is 13.1. The molecule has 5 aromatic rings. The second-order valence-corrected chi connectivity index (χ2v) is 9.22. The first-order chi connectivity index (χ1) is 17.1. The minimum absolute atomic E-state index is 0.0621. The lowest BCUT2D eigenvalue weighted by Crippen LogP contribution is -2.49. The molecular weight excluding hydrogens is 483 g/mol. The monoisotopic (exact) mass is 502 g/mol. The molecule has 2 aromatic heterocycles. The molecule has 0 saturated carbocycles. The number of anilines is 1. The van der Waals surface area contributed by atoms with Crippen LogP contribution in [0.4, 0.5) is 5.95 Å². The summed E-state index contributed by atoms with van der Waals surface area (Å²) in [5, 5.41) is 11.0. The molecule has 1 aliphatic heterocycles. The van der Waals surface area contributed by atoms with Crippen LogP contribution >= 0.6 is 23.2 Å². The molecular formula is C26H20Cl2N6O. The SMILES string of the molecule is O=C(c1ccccc1Cl)N1CCN(c2nc3cc(Cl)ccc3c3nnc(-c4ccccc4)n23)CC1. The van der Waals surface area contributed by atoms with Gasteiger partial charge in [-0.1, -0.05) is 65.7 Å². The van der Waals surface area contributed by atoms with E-state index in [-0.39, 0.29) is 5.91 Å². The molecule has 0 spiro atoms. The molecule has 1 fully saturated rings. The highest BCUT2D eigenvalue weighted by Crippen LogP contribution is 2.30. The quantitative estimate of drug-likeness (QED) is 0.338. The average Bonchev–Trinajstić information content (AvgIpc) is 3.34. The lowest BCUT2D eigenvalue weighted by Gasteiger charge is -2.35. The van der Waals surface area contributed by atoms with Crippen LogP contribution in [0.25, 0.3) is 27.9 Å². The van der Waals surface area contributed by atoms with Gasteiger partial charge in [0.1, 0.15) is 0 Å². The second kappa shape index (κ2) is 8.83. The predicted octanol–water partition coefficient (Wildman–Crippen LogP) is 5.21. The first-order valence-corrected chi connectivity index (χ1v) is 12.0. The summed E-state index contributed by atoms with van der Waals surface area (Å²) in [4.78, 5) is 22.0. The van der Waals surface area contributed by atoms with Gasteiger partial charge in [0.2, 0.25) is 5.95 Å². The van der Waals surface area contributed by atoms with E-state index in [9.17, 15) is 4.79 Å². The fraction of sp³-hybridized carbons (Fsp3) is 0.154. The van der Waals surface area contributed by atoms with Crippen molar-refractivity contribution >= 4 is 51.6 Å². The Balaban J connectivity index is 1.40. The van der Waals surface area contributed by atoms with Crippen LogP contribution in [0.1, 0.15) is 10.4 Å². The number of carbonyl (C=O) groups is 1. The highest BCUT2D eigenvalue weighted by atomic mass is 35.5. The van der Waals surface area contributed by atoms with Crippen LogP contribution in [-0.4, -0.2) is 56.6 Å². The summed E-state index contributed by atoms with van der Waals surface area (Å²) in [6.45, 7) is 2.31. The van der Waals surface area contributed by atoms with E-state index in [0.717, 1.165) is 33.9 Å². The Labute approximate surface area is 211 Å². The Morgan fingerprint density at radius 3 is 2.34 bits per heavy atom. The zero-order valence-electron chi connectivity index (χ0n) is 18.6. The third kappa shape index (κ3) is 3.87. The largest absolute Gasteiger partial charge is 0.338 e. The summed E-state index contributed by atoms with van der Waals surface area (Å²) in [5.74, 6) is 1.38. The molecule has 1 amide bonds. The molecule has 0 radical (unpaired) electrons. The van der Waals surface area contributed by atoms with E-state index in [1.165, 1.54) is 0 Å². The van der Waals surface area contributed by atoms with Gasteiger partial charge in [-0.25, -0.2) is 9.38 Å². The lowest BCUT2D eigenvalue weighted by molar-refractivity contribution is 0.0746. The molecule has 3 heterocycles. The number of carbonyl (C=O) groups excluding carboxylic acids is 1. The Hall–Kier alpha value is -3.68. The predicted molar refractivity (Wildman–Crippen MR) is 138 cm³/mol. The number of hydrogen-bond acceptors (Lipinski definition) is 5. The smallest absolute Gasteiger partial charge is 0.255 e. The molecule has 9 heteroatoms. The van der Waals surface area contributed by atoms with E-state index in [1.807, 2.05) is 70.0 Å². The summed E-state index contributed by atoms with van der Waals surface area (Å²) in [6, 6.07) is 22.7. The number of piperazine rings is 1. The van der Waals surface area contributed by atoms with Gasteiger partial charge in [-0.3, -0.25) is 4.79 Å². The molecule has 3 aromatic carbocycles. The van der Waals surface area contributed by atoms with Gasteiger partial charge in [-0.2, -0.15) is 0 Å². The van der Waals surface area contributed by atoms with Crippen LogP contribution < -0.4 is 4.90 Å². The summed E-state index contributed by atoms with van der Waals surface area (Å²) in [5.41, 5.74) is 2.94. The van der Waals surface area contributed by atoms with Gasteiger partial charge in [0.15, 0.2) is 11.5 Å². The van der Waals surface area contributed by atoms with Gasteiger partial charge in [0, 0.05) is 42.2 Å². The van der Waals surface area contributed by atoms with E-state index in [2.05, 4.69) is 15.1 Å². The van der Waals surface area contributed by atoms with Crippen molar-refractivity contribution in [3.8, 4) is 11.4 Å². The molecule has 1 saturated heterocycles. The number of nitrogens with zero attached hydrogens (tertiary/aromatic N) is 6. The summed E-state index contributed by atoms with van der Waals surface area (Å²) in [6.07, 6.45) is 0. The molecule has 1 aliphatic rings. The maximum Gasteiger partial charge on any atom is 0.255 e. The first kappa shape index (κ1) is 21.8. The van der Waals surface area contributed by atoms with Crippen molar-refractivity contribution in [3.63, 3.8) is 0 Å². The fourth-order valence-corrected chi connectivity index (χ4v) is 4.88. The molecule has 0 unspecified atom stereocenters. The minimum Gasteiger partial charge on any atom is -0.338 e. The molecule has 0 N–H and O–H groups in total. The Morgan fingerprint density at radius 2 is 1.57 bits per heavy atom. The average molecular weight is 503 g/mol. The van der Waals surface area contributed by atoms with E-state index < -0.39 is 0 Å². The van der Waals surface area contributed by atoms with E-state index in [1.54, 1.807) is 12.1 Å². The number of hydrogen-bond donors (Lipinski definition) is 0. The molecule has 174 valence electrons. The van der Waals surface area contributed by atoms with Crippen LogP contribution in [0.3, 0.4) is 0 Å². The van der Waals surface area contributed by atoms with Crippen LogP contribution in [0.15, 0.2) is 72.8 Å². The Morgan fingerprint density at radius 1 is 0.829 bits per heavy atom. The van der Waals surface area contributed by atoms with Gasteiger partial charge in [-0.05, 0) is 30.3 Å². The van der Waals surface area contributed by atoms with Crippen LogP contribution in [0.2, 0.25) is 10.0 Å². The van der Waals surface area contributed by atoms with Crippen molar-refractivity contribution in [3.05, 3.63) is 88.4 Å². The van der Waals surface area contributed by atoms with Gasteiger partial charge >= 0.3 is 0 Å². The zero-order valence-corrected chi connectivity index (χ0v) is 20.1. The number of fused-ring (bicyclic) bond motifs is 3. The van der Waals surface area contributed by atoms with Crippen LogP contribution in [0, 0.1) is 0 Å². The first-order valence-electron chi connectivity index (χ1n) is 11.3. The van der Waals surface area contributed by atoms with Crippen molar-refractivity contribution < 1.29 is 4.79 Å². The maximum atomic E-state index is 13.1. The fourth-order valence-electron chi connectivity index (χ4n) is 4.49. The van der Waals surface area contributed by atoms with Crippen molar-refractivity contribution in [2.75, 3.05) is 31.1 Å². The third-order valence-corrected chi connectivity index (χ3v) is 6.83. The van der Waals surface area contributed by atoms with Crippen LogP contribution in [-0.2, 0) is 0 Å². The zero-order chi connectivity index (χ0) is 23.9. The summed E-state index contributed by atoms with van der Waals surface area (Å²) < 4.78 is 2.00. The second-order valence-electron chi connectivity index (χ2n) is 8.38. The van der Waals surface area contributed by atoms with Crippen molar-refractivity contribution in [2.24, 2.45) is 0 Å². The number of rotatable bonds is 3. The van der Waals surface area contributed by atoms with Gasteiger partial charge in [0.05, 0.1) is 16.1 Å². The Kier molecular flexibility index (Phi) is 5.51. The van der Waals surface area contributed by atoms with Crippen molar-refractivity contribution in [1.82, 2.24) is 24.5 Å². The van der Waals surface area contributed by atoms with Crippen molar-refractivity contribution in [1.29, 1.82) is 0 Å². The van der Waals surface area contributed by atoms with E-state index >= 15 is 0 Å². The van der Waals surface area contributed by atoms with Crippen LogP contribution in [0.5, 0.6) is 0 Å². The molecule has 6 rings (SSSR count). The molecule has 0 atom stereocenters. The summed E-state index contributed by atoms with van der Waals surface area (Å²) >= 11 is 12.5. The highest BCUT2D eigenvalue weighted by Gasteiger charge is 2.27. The molecule has 35 heavy (non-hydrogen) atoms. The highest BCUT2D eigenvalue weighted by molar-refractivity contribution is 6.33. The van der Waals surface area contributed by atoms with E-state index in [0.29, 0.717) is 41.8 Å². The standard InChI is InChI=1S/C26H20Cl2N6O/c27-18-10-11-20-22(16-18)29-26(34-23(30-31-24(20)34)17-6-2-1-3-7-17)33-14-12-32(13-15-33)25(35)19-8-4-5-9-21(19)28/h1-11,16H,12-15H2. The van der Waals surface area contributed by atoms with Gasteiger partial charge in [0.25, 0.3) is 5.91 Å². The number of halogens is 2. The number of aromatic nitrogens is 4. The summed E-state index contributed by atoms with van der Waals surface area (Å²) in [7, 11) is 0. The number of amides is 1.